The van der Waals surface area contributed by atoms with Gasteiger partial charge in [-0.3, -0.25) is 9.59 Å². The summed E-state index contributed by atoms with van der Waals surface area (Å²) < 4.78 is 13.5. The summed E-state index contributed by atoms with van der Waals surface area (Å²) >= 11 is 0. The number of amides is 1. The van der Waals surface area contributed by atoms with Gasteiger partial charge in [0.05, 0.1) is 0 Å². The Morgan fingerprint density at radius 2 is 2.11 bits per heavy atom. The van der Waals surface area contributed by atoms with Crippen molar-refractivity contribution in [2.24, 2.45) is 0 Å². The second kappa shape index (κ2) is 5.81. The summed E-state index contributed by atoms with van der Waals surface area (Å²) in [5.41, 5.74) is -0.541. The number of aromatic hydroxyl groups is 1. The van der Waals surface area contributed by atoms with Crippen molar-refractivity contribution < 1.29 is 24.2 Å². The molecule has 5 nitrogen and oxygen atoms in total. The van der Waals surface area contributed by atoms with Gasteiger partial charge in [0, 0.05) is 6.54 Å². The Hall–Kier alpha value is -2.37. The van der Waals surface area contributed by atoms with Gasteiger partial charge in [-0.2, -0.15) is 0 Å². The monoisotopic (exact) mass is 253 g/mol. The molecule has 0 aromatic heterocycles. The molecule has 6 heteroatoms. The second-order valence-corrected chi connectivity index (χ2v) is 3.50. The smallest absolute Gasteiger partial charge is 0.323 e. The maximum Gasteiger partial charge on any atom is 0.323 e. The fourth-order valence-corrected chi connectivity index (χ4v) is 1.42. The van der Waals surface area contributed by atoms with Crippen LogP contribution >= 0.6 is 0 Å². The van der Waals surface area contributed by atoms with E-state index in [9.17, 15) is 19.1 Å². The number of carbonyl (C=O) groups excluding carboxylic acids is 1. The number of aliphatic carboxylic acids is 1. The highest BCUT2D eigenvalue weighted by molar-refractivity contribution is 5.98. The highest BCUT2D eigenvalue weighted by atomic mass is 19.1. The van der Waals surface area contributed by atoms with E-state index in [0.717, 1.165) is 17.0 Å². The minimum atomic E-state index is -1.24. The van der Waals surface area contributed by atoms with E-state index in [-0.39, 0.29) is 6.54 Å². The molecule has 0 radical (unpaired) electrons. The van der Waals surface area contributed by atoms with Crippen LogP contribution in [0.4, 0.5) is 4.39 Å². The van der Waals surface area contributed by atoms with Crippen LogP contribution in [0.25, 0.3) is 0 Å². The number of rotatable bonds is 5. The lowest BCUT2D eigenvalue weighted by atomic mass is 10.1. The van der Waals surface area contributed by atoms with E-state index >= 15 is 0 Å². The Balaban J connectivity index is 3.09. The molecule has 0 aliphatic rings. The van der Waals surface area contributed by atoms with Crippen LogP contribution in [0, 0.1) is 5.82 Å². The molecule has 18 heavy (non-hydrogen) atoms. The van der Waals surface area contributed by atoms with Gasteiger partial charge in [-0.25, -0.2) is 4.39 Å². The first-order valence-corrected chi connectivity index (χ1v) is 5.06. The molecule has 1 aromatic carbocycles. The lowest BCUT2D eigenvalue weighted by molar-refractivity contribution is -0.137. The first-order chi connectivity index (χ1) is 8.47. The number of benzene rings is 1. The Labute approximate surface area is 103 Å². The summed E-state index contributed by atoms with van der Waals surface area (Å²) in [4.78, 5) is 23.4. The van der Waals surface area contributed by atoms with E-state index in [1.165, 1.54) is 12.1 Å². The standard InChI is InChI=1S/C12H12FNO4/c1-2-6-14(7-10(16)17)12(18)11-8(13)4-3-5-9(11)15/h2-5,15H,1,6-7H2,(H,16,17). The maximum atomic E-state index is 13.5. The fraction of sp³-hybridized carbons (Fsp3) is 0.167. The van der Waals surface area contributed by atoms with Crippen LogP contribution < -0.4 is 0 Å². The average Bonchev–Trinajstić information content (AvgIpc) is 2.27. The van der Waals surface area contributed by atoms with Crippen molar-refractivity contribution >= 4 is 11.9 Å². The number of hydrogen-bond donors (Lipinski definition) is 2. The normalized spacial score (nSPS) is 9.83. The van der Waals surface area contributed by atoms with Crippen LogP contribution in [-0.2, 0) is 4.79 Å². The number of carboxylic acid groups (broad SMARTS) is 1. The van der Waals surface area contributed by atoms with E-state index in [2.05, 4.69) is 6.58 Å². The number of phenols is 1. The predicted molar refractivity (Wildman–Crippen MR) is 61.8 cm³/mol. The molecule has 0 aliphatic heterocycles. The number of carbonyl (C=O) groups is 2. The fourth-order valence-electron chi connectivity index (χ4n) is 1.42. The Kier molecular flexibility index (Phi) is 4.42. The molecule has 0 bridgehead atoms. The molecule has 0 spiro atoms. The van der Waals surface area contributed by atoms with Gasteiger partial charge in [-0.15, -0.1) is 6.58 Å². The molecule has 0 unspecified atom stereocenters. The summed E-state index contributed by atoms with van der Waals surface area (Å²) in [5.74, 6) is -3.56. The van der Waals surface area contributed by atoms with Crippen LogP contribution in [0.3, 0.4) is 0 Å². The number of phenolic OH excluding ortho intramolecular Hbond substituents is 1. The first-order valence-electron chi connectivity index (χ1n) is 5.06. The van der Waals surface area contributed by atoms with Crippen molar-refractivity contribution in [3.63, 3.8) is 0 Å². The highest BCUT2D eigenvalue weighted by Gasteiger charge is 2.23. The largest absolute Gasteiger partial charge is 0.507 e. The molecule has 0 fully saturated rings. The summed E-state index contributed by atoms with van der Waals surface area (Å²) in [7, 11) is 0. The van der Waals surface area contributed by atoms with Crippen molar-refractivity contribution in [3.05, 3.63) is 42.2 Å². The van der Waals surface area contributed by atoms with E-state index in [1.807, 2.05) is 0 Å². The molecule has 0 saturated carbocycles. The number of hydrogen-bond acceptors (Lipinski definition) is 3. The quantitative estimate of drug-likeness (QED) is 0.774. The highest BCUT2D eigenvalue weighted by Crippen LogP contribution is 2.21. The Morgan fingerprint density at radius 3 is 2.61 bits per heavy atom. The molecule has 0 aliphatic carbocycles. The lowest BCUT2D eigenvalue weighted by Gasteiger charge is -2.19. The zero-order valence-corrected chi connectivity index (χ0v) is 9.47. The van der Waals surface area contributed by atoms with Gasteiger partial charge < -0.3 is 15.1 Å². The lowest BCUT2D eigenvalue weighted by Crippen LogP contribution is -2.36. The van der Waals surface area contributed by atoms with Crippen molar-refractivity contribution in [2.45, 2.75) is 0 Å². The molecule has 0 heterocycles. The molecular formula is C12H12FNO4. The van der Waals surface area contributed by atoms with E-state index in [0.29, 0.717) is 0 Å². The summed E-state index contributed by atoms with van der Waals surface area (Å²) in [5, 5.41) is 18.1. The minimum Gasteiger partial charge on any atom is -0.507 e. The van der Waals surface area contributed by atoms with Crippen molar-refractivity contribution in [3.8, 4) is 5.75 Å². The third kappa shape index (κ3) is 3.07. The molecule has 0 atom stereocenters. The predicted octanol–water partition coefficient (Wildman–Crippen LogP) is 1.24. The van der Waals surface area contributed by atoms with Gasteiger partial charge in [0.2, 0.25) is 0 Å². The summed E-state index contributed by atoms with van der Waals surface area (Å²) in [6.07, 6.45) is 1.32. The van der Waals surface area contributed by atoms with Crippen LogP contribution in [0.5, 0.6) is 5.75 Å². The van der Waals surface area contributed by atoms with E-state index < -0.39 is 35.6 Å². The third-order valence-electron chi connectivity index (χ3n) is 2.17. The third-order valence-corrected chi connectivity index (χ3v) is 2.17. The molecule has 0 saturated heterocycles. The van der Waals surface area contributed by atoms with Crippen molar-refractivity contribution in [1.29, 1.82) is 0 Å². The molecule has 1 amide bonds. The molecule has 1 rings (SSSR count). The number of halogens is 1. The van der Waals surface area contributed by atoms with Crippen LogP contribution in [-0.4, -0.2) is 40.1 Å². The van der Waals surface area contributed by atoms with Crippen LogP contribution in [0.15, 0.2) is 30.9 Å². The zero-order chi connectivity index (χ0) is 13.7. The molecule has 2 N–H and O–H groups in total. The van der Waals surface area contributed by atoms with Gasteiger partial charge in [0.25, 0.3) is 5.91 Å². The topological polar surface area (TPSA) is 77.8 Å². The SMILES string of the molecule is C=CCN(CC(=O)O)C(=O)c1c(O)cccc1F. The first kappa shape index (κ1) is 13.7. The van der Waals surface area contributed by atoms with E-state index in [4.69, 9.17) is 5.11 Å². The molecular weight excluding hydrogens is 241 g/mol. The summed E-state index contributed by atoms with van der Waals surface area (Å²) in [6.45, 7) is 2.73. The Bertz CT molecular complexity index is 467. The van der Waals surface area contributed by atoms with Gasteiger partial charge in [0.15, 0.2) is 0 Å². The molecule has 1 aromatic rings. The van der Waals surface area contributed by atoms with Gasteiger partial charge in [0.1, 0.15) is 23.7 Å². The van der Waals surface area contributed by atoms with Crippen LogP contribution in [0.1, 0.15) is 10.4 Å². The second-order valence-electron chi connectivity index (χ2n) is 3.50. The number of carboxylic acids is 1. The van der Waals surface area contributed by atoms with Crippen molar-refractivity contribution in [1.82, 2.24) is 4.90 Å². The summed E-state index contributed by atoms with van der Waals surface area (Å²) in [6, 6.07) is 3.42. The van der Waals surface area contributed by atoms with Gasteiger partial charge >= 0.3 is 5.97 Å². The average molecular weight is 253 g/mol. The van der Waals surface area contributed by atoms with Gasteiger partial charge in [-0.1, -0.05) is 12.1 Å². The minimum absolute atomic E-state index is 0.0566. The van der Waals surface area contributed by atoms with Crippen molar-refractivity contribution in [2.75, 3.05) is 13.1 Å². The maximum absolute atomic E-state index is 13.5. The van der Waals surface area contributed by atoms with Gasteiger partial charge in [-0.05, 0) is 12.1 Å². The zero-order valence-electron chi connectivity index (χ0n) is 9.47. The Morgan fingerprint density at radius 1 is 1.44 bits per heavy atom. The van der Waals surface area contributed by atoms with E-state index in [1.54, 1.807) is 0 Å². The molecule has 96 valence electrons. The van der Waals surface area contributed by atoms with Crippen LogP contribution in [0.2, 0.25) is 0 Å². The number of nitrogens with zero attached hydrogens (tertiary/aromatic N) is 1.